The van der Waals surface area contributed by atoms with Crippen LogP contribution in [0.25, 0.3) is 22.3 Å². The third-order valence-electron chi connectivity index (χ3n) is 3.19. The summed E-state index contributed by atoms with van der Waals surface area (Å²) in [6.07, 6.45) is 0. The minimum Gasteiger partial charge on any atom is -0.423 e. The van der Waals surface area contributed by atoms with Gasteiger partial charge in [-0.2, -0.15) is 0 Å². The maximum atomic E-state index is 12.2. The van der Waals surface area contributed by atoms with E-state index in [-0.39, 0.29) is 5.82 Å². The molecule has 0 unspecified atom stereocenters. The van der Waals surface area contributed by atoms with Crippen LogP contribution in [0.5, 0.6) is 0 Å². The zero-order chi connectivity index (χ0) is 14.1. The number of anilines is 1. The van der Waals surface area contributed by atoms with Gasteiger partial charge in [0.1, 0.15) is 0 Å². The van der Waals surface area contributed by atoms with E-state index in [2.05, 4.69) is 10.3 Å². The van der Waals surface area contributed by atoms with E-state index in [9.17, 15) is 10.0 Å². The van der Waals surface area contributed by atoms with Crippen molar-refractivity contribution in [2.75, 3.05) is 12.4 Å². The highest BCUT2D eigenvalue weighted by molar-refractivity contribution is 5.81. The lowest BCUT2D eigenvalue weighted by Gasteiger charge is -2.11. The van der Waals surface area contributed by atoms with Crippen LogP contribution in [0.3, 0.4) is 0 Å². The summed E-state index contributed by atoms with van der Waals surface area (Å²) in [4.78, 5) is 16.6. The molecule has 5 heteroatoms. The Morgan fingerprint density at radius 2 is 1.80 bits per heavy atom. The number of hydrogen-bond donors (Lipinski definition) is 2. The molecule has 1 aromatic heterocycles. The maximum absolute atomic E-state index is 12.2. The average molecular weight is 267 g/mol. The summed E-state index contributed by atoms with van der Waals surface area (Å²) < 4.78 is 0.596. The van der Waals surface area contributed by atoms with Crippen molar-refractivity contribution in [3.63, 3.8) is 0 Å². The monoisotopic (exact) mass is 267 g/mol. The van der Waals surface area contributed by atoms with Crippen molar-refractivity contribution in [1.82, 2.24) is 9.71 Å². The van der Waals surface area contributed by atoms with Crippen LogP contribution >= 0.6 is 0 Å². The van der Waals surface area contributed by atoms with E-state index in [4.69, 9.17) is 0 Å². The topological polar surface area (TPSA) is 67.2 Å². The van der Waals surface area contributed by atoms with Crippen LogP contribution in [0.4, 0.5) is 5.69 Å². The van der Waals surface area contributed by atoms with Gasteiger partial charge >= 0.3 is 0 Å². The molecule has 0 radical (unpaired) electrons. The quantitative estimate of drug-likeness (QED) is 0.699. The van der Waals surface area contributed by atoms with Gasteiger partial charge in [0.15, 0.2) is 5.82 Å². The summed E-state index contributed by atoms with van der Waals surface area (Å²) in [5, 5.41) is 13.5. The van der Waals surface area contributed by atoms with E-state index in [0.717, 1.165) is 5.69 Å². The molecule has 0 amide bonds. The van der Waals surface area contributed by atoms with Gasteiger partial charge in [0.25, 0.3) is 5.56 Å². The summed E-state index contributed by atoms with van der Waals surface area (Å²) in [7, 11) is 1.78. The molecule has 5 nitrogen and oxygen atoms in total. The largest absolute Gasteiger partial charge is 0.423 e. The van der Waals surface area contributed by atoms with Crippen LogP contribution in [0.1, 0.15) is 0 Å². The van der Waals surface area contributed by atoms with Crippen molar-refractivity contribution in [2.24, 2.45) is 0 Å². The van der Waals surface area contributed by atoms with Crippen molar-refractivity contribution in [3.8, 4) is 11.4 Å². The van der Waals surface area contributed by atoms with Gasteiger partial charge in [-0.05, 0) is 24.3 Å². The highest BCUT2D eigenvalue weighted by Gasteiger charge is 2.14. The third kappa shape index (κ3) is 1.80. The van der Waals surface area contributed by atoms with E-state index < -0.39 is 5.56 Å². The highest BCUT2D eigenvalue weighted by Crippen LogP contribution is 2.25. The van der Waals surface area contributed by atoms with Gasteiger partial charge in [0.2, 0.25) is 0 Å². The molecule has 0 atom stereocenters. The Morgan fingerprint density at radius 1 is 1.10 bits per heavy atom. The first-order valence-corrected chi connectivity index (χ1v) is 6.20. The highest BCUT2D eigenvalue weighted by atomic mass is 16.5. The average Bonchev–Trinajstić information content (AvgIpc) is 2.51. The van der Waals surface area contributed by atoms with E-state index in [1.807, 2.05) is 24.3 Å². The molecule has 0 fully saturated rings. The Hall–Kier alpha value is -2.82. The maximum Gasteiger partial charge on any atom is 0.294 e. The van der Waals surface area contributed by atoms with E-state index in [1.54, 1.807) is 31.3 Å². The Kier molecular flexibility index (Phi) is 2.87. The number of rotatable bonds is 2. The van der Waals surface area contributed by atoms with Gasteiger partial charge < -0.3 is 10.5 Å². The molecule has 0 aliphatic carbocycles. The number of hydrogen-bond acceptors (Lipinski definition) is 4. The summed E-state index contributed by atoms with van der Waals surface area (Å²) >= 11 is 0. The first-order chi connectivity index (χ1) is 9.72. The summed E-state index contributed by atoms with van der Waals surface area (Å²) in [6.45, 7) is 0. The SMILES string of the molecule is CNc1ccccc1-c1nc2ccccc2c(=O)n1O. The Balaban J connectivity index is 2.37. The Labute approximate surface area is 115 Å². The Morgan fingerprint density at radius 3 is 2.60 bits per heavy atom. The molecular weight excluding hydrogens is 254 g/mol. The minimum absolute atomic E-state index is 0.221. The molecule has 2 N–H and O–H groups in total. The van der Waals surface area contributed by atoms with Crippen molar-refractivity contribution < 1.29 is 5.21 Å². The van der Waals surface area contributed by atoms with Gasteiger partial charge in [-0.1, -0.05) is 24.3 Å². The van der Waals surface area contributed by atoms with Crippen LogP contribution < -0.4 is 10.9 Å². The number of benzene rings is 2. The van der Waals surface area contributed by atoms with Crippen LogP contribution in [-0.4, -0.2) is 22.0 Å². The van der Waals surface area contributed by atoms with Crippen molar-refractivity contribution in [2.45, 2.75) is 0 Å². The zero-order valence-corrected chi connectivity index (χ0v) is 10.9. The molecule has 100 valence electrons. The molecular formula is C15H13N3O2. The van der Waals surface area contributed by atoms with Crippen LogP contribution in [0.2, 0.25) is 0 Å². The van der Waals surface area contributed by atoms with Crippen LogP contribution in [0, 0.1) is 0 Å². The van der Waals surface area contributed by atoms with Crippen molar-refractivity contribution in [3.05, 3.63) is 58.9 Å². The number of para-hydroxylation sites is 2. The zero-order valence-electron chi connectivity index (χ0n) is 10.9. The smallest absolute Gasteiger partial charge is 0.294 e. The predicted molar refractivity (Wildman–Crippen MR) is 78.2 cm³/mol. The van der Waals surface area contributed by atoms with E-state index >= 15 is 0 Å². The molecule has 3 aromatic rings. The van der Waals surface area contributed by atoms with Crippen LogP contribution in [-0.2, 0) is 0 Å². The minimum atomic E-state index is -0.475. The van der Waals surface area contributed by atoms with E-state index in [0.29, 0.717) is 21.2 Å². The van der Waals surface area contributed by atoms with Crippen molar-refractivity contribution in [1.29, 1.82) is 0 Å². The number of nitrogens with one attached hydrogen (secondary N) is 1. The fourth-order valence-electron chi connectivity index (χ4n) is 2.19. The molecule has 0 saturated carbocycles. The molecule has 3 rings (SSSR count). The summed E-state index contributed by atoms with van der Waals surface area (Å²) in [5.74, 6) is 0.221. The molecule has 20 heavy (non-hydrogen) atoms. The number of nitrogens with zero attached hydrogens (tertiary/aromatic N) is 2. The van der Waals surface area contributed by atoms with Gasteiger partial charge in [0.05, 0.1) is 10.9 Å². The third-order valence-corrected chi connectivity index (χ3v) is 3.19. The molecule has 0 spiro atoms. The first kappa shape index (κ1) is 12.2. The second-order valence-corrected chi connectivity index (χ2v) is 4.37. The fraction of sp³-hybridized carbons (Fsp3) is 0.0667. The fourth-order valence-corrected chi connectivity index (χ4v) is 2.19. The Bertz CT molecular complexity index is 840. The molecule has 0 aliphatic heterocycles. The predicted octanol–water partition coefficient (Wildman–Crippen LogP) is 2.34. The van der Waals surface area contributed by atoms with Gasteiger partial charge in [-0.25, -0.2) is 4.98 Å². The lowest BCUT2D eigenvalue weighted by Crippen LogP contribution is -2.21. The molecule has 1 heterocycles. The summed E-state index contributed by atoms with van der Waals surface area (Å²) in [6, 6.07) is 14.3. The lowest BCUT2D eigenvalue weighted by molar-refractivity contribution is 0.178. The molecule has 0 aliphatic rings. The second kappa shape index (κ2) is 4.70. The summed E-state index contributed by atoms with van der Waals surface area (Å²) in [5.41, 5.74) is 1.54. The van der Waals surface area contributed by atoms with E-state index in [1.165, 1.54) is 0 Å². The number of fused-ring (bicyclic) bond motifs is 1. The molecule has 0 saturated heterocycles. The van der Waals surface area contributed by atoms with Gasteiger partial charge in [-0.3, -0.25) is 4.79 Å². The standard InChI is InChI=1S/C15H13N3O2/c1-16-12-8-4-2-6-10(12)14-17-13-9-5-3-7-11(13)15(19)18(14)20/h2-9,16,20H,1H3. The molecule has 0 bridgehead atoms. The normalized spacial score (nSPS) is 10.7. The first-order valence-electron chi connectivity index (χ1n) is 6.20. The van der Waals surface area contributed by atoms with Gasteiger partial charge in [0, 0.05) is 18.3 Å². The van der Waals surface area contributed by atoms with Gasteiger partial charge in [-0.15, -0.1) is 4.73 Å². The van der Waals surface area contributed by atoms with Crippen molar-refractivity contribution >= 4 is 16.6 Å². The van der Waals surface area contributed by atoms with Crippen LogP contribution in [0.15, 0.2) is 53.3 Å². The number of aromatic nitrogens is 2. The lowest BCUT2D eigenvalue weighted by atomic mass is 10.1. The second-order valence-electron chi connectivity index (χ2n) is 4.37. The molecule has 2 aromatic carbocycles.